The number of carbonyl (C=O) groups excluding carboxylic acids is 1. The van der Waals surface area contributed by atoms with Gasteiger partial charge in [-0.15, -0.1) is 0 Å². The van der Waals surface area contributed by atoms with E-state index in [1.165, 1.54) is 12.3 Å². The van der Waals surface area contributed by atoms with Crippen LogP contribution in [0.25, 0.3) is 0 Å². The minimum Gasteiger partial charge on any atom is -0.290 e. The van der Waals surface area contributed by atoms with E-state index in [9.17, 15) is 13.2 Å². The van der Waals surface area contributed by atoms with Crippen LogP contribution in [0.1, 0.15) is 10.5 Å². The molecule has 1 heterocycles. The zero-order valence-electron chi connectivity index (χ0n) is 7.50. The molecule has 1 rings (SSSR count). The van der Waals surface area contributed by atoms with Gasteiger partial charge in [0.25, 0.3) is 10.1 Å². The molecule has 1 aromatic rings. The summed E-state index contributed by atoms with van der Waals surface area (Å²) in [6.45, 7) is -0.504. The van der Waals surface area contributed by atoms with Gasteiger partial charge in [-0.3, -0.25) is 14.0 Å². The molecule has 0 radical (unpaired) electrons. The van der Waals surface area contributed by atoms with Crippen LogP contribution in [0.5, 0.6) is 0 Å². The third kappa shape index (κ3) is 3.63. The van der Waals surface area contributed by atoms with Crippen LogP contribution < -0.4 is 0 Å². The van der Waals surface area contributed by atoms with E-state index in [4.69, 9.17) is 0 Å². The van der Waals surface area contributed by atoms with Gasteiger partial charge in [0.1, 0.15) is 12.3 Å². The standard InChI is InChI=1S/C8H9NO4S/c1-14(11,12)13-6-8(10)7-4-2-3-5-9-7/h2-5H,6H2,1H3. The van der Waals surface area contributed by atoms with Gasteiger partial charge in [0, 0.05) is 6.20 Å². The van der Waals surface area contributed by atoms with Gasteiger partial charge < -0.3 is 0 Å². The summed E-state index contributed by atoms with van der Waals surface area (Å²) in [4.78, 5) is 15.0. The van der Waals surface area contributed by atoms with E-state index in [0.717, 1.165) is 6.26 Å². The van der Waals surface area contributed by atoms with Crippen molar-refractivity contribution in [2.45, 2.75) is 0 Å². The van der Waals surface area contributed by atoms with Crippen LogP contribution in [0.15, 0.2) is 24.4 Å². The molecule has 0 atom stereocenters. The Bertz CT molecular complexity index is 412. The zero-order valence-corrected chi connectivity index (χ0v) is 8.32. The van der Waals surface area contributed by atoms with Gasteiger partial charge in [-0.25, -0.2) is 0 Å². The fraction of sp³-hybridized carbons (Fsp3) is 0.250. The summed E-state index contributed by atoms with van der Waals surface area (Å²) in [5.74, 6) is -0.462. The second-order valence-corrected chi connectivity index (χ2v) is 4.25. The van der Waals surface area contributed by atoms with Crippen molar-refractivity contribution >= 4 is 15.9 Å². The Kier molecular flexibility index (Phi) is 3.32. The average Bonchev–Trinajstić information content (AvgIpc) is 2.14. The molecule has 0 bridgehead atoms. The van der Waals surface area contributed by atoms with Gasteiger partial charge in [-0.1, -0.05) is 6.07 Å². The maximum absolute atomic E-state index is 11.2. The van der Waals surface area contributed by atoms with E-state index in [0.29, 0.717) is 0 Å². The van der Waals surface area contributed by atoms with Crippen LogP contribution in [-0.2, 0) is 14.3 Å². The highest BCUT2D eigenvalue weighted by molar-refractivity contribution is 7.86. The second-order valence-electron chi connectivity index (χ2n) is 2.60. The molecule has 76 valence electrons. The summed E-state index contributed by atoms with van der Waals surface area (Å²) >= 11 is 0. The average molecular weight is 215 g/mol. The molecule has 0 aliphatic heterocycles. The number of aromatic nitrogens is 1. The predicted octanol–water partition coefficient (Wildman–Crippen LogP) is 0.241. The smallest absolute Gasteiger partial charge is 0.264 e. The molecule has 0 saturated carbocycles. The molecule has 0 spiro atoms. The van der Waals surface area contributed by atoms with Gasteiger partial charge in [0.15, 0.2) is 0 Å². The number of hydrogen-bond acceptors (Lipinski definition) is 5. The lowest BCUT2D eigenvalue weighted by Crippen LogP contribution is -2.14. The van der Waals surface area contributed by atoms with Gasteiger partial charge in [0.05, 0.1) is 6.26 Å². The molecule has 14 heavy (non-hydrogen) atoms. The molecule has 1 aromatic heterocycles. The molecule has 5 nitrogen and oxygen atoms in total. The summed E-state index contributed by atoms with van der Waals surface area (Å²) in [6, 6.07) is 4.79. The first-order chi connectivity index (χ1) is 6.49. The Hall–Kier alpha value is -1.27. The van der Waals surface area contributed by atoms with Crippen molar-refractivity contribution in [2.75, 3.05) is 12.9 Å². The second kappa shape index (κ2) is 4.30. The molecule has 0 aliphatic rings. The summed E-state index contributed by atoms with van der Waals surface area (Å²) in [5.41, 5.74) is 0.191. The lowest BCUT2D eigenvalue weighted by atomic mass is 10.3. The molecule has 0 amide bonds. The molecular formula is C8H9NO4S. The molecule has 0 aromatic carbocycles. The summed E-state index contributed by atoms with van der Waals surface area (Å²) in [5, 5.41) is 0. The van der Waals surface area contributed by atoms with Crippen molar-refractivity contribution in [1.29, 1.82) is 0 Å². The zero-order chi connectivity index (χ0) is 10.6. The molecule has 0 N–H and O–H groups in total. The number of nitrogens with zero attached hydrogens (tertiary/aromatic N) is 1. The molecule has 0 unspecified atom stereocenters. The fourth-order valence-corrected chi connectivity index (χ4v) is 1.08. The Labute approximate surface area is 81.9 Å². The number of carbonyl (C=O) groups is 1. The van der Waals surface area contributed by atoms with Crippen molar-refractivity contribution in [2.24, 2.45) is 0 Å². The van der Waals surface area contributed by atoms with E-state index >= 15 is 0 Å². The van der Waals surface area contributed by atoms with Crippen LogP contribution >= 0.6 is 0 Å². The van der Waals surface area contributed by atoms with E-state index < -0.39 is 22.5 Å². The molecule has 0 fully saturated rings. The van der Waals surface area contributed by atoms with Crippen molar-refractivity contribution < 1.29 is 17.4 Å². The van der Waals surface area contributed by atoms with Gasteiger partial charge >= 0.3 is 0 Å². The predicted molar refractivity (Wildman–Crippen MR) is 49.4 cm³/mol. The number of rotatable bonds is 4. The SMILES string of the molecule is CS(=O)(=O)OCC(=O)c1ccccn1. The third-order valence-electron chi connectivity index (χ3n) is 1.35. The van der Waals surface area contributed by atoms with Gasteiger partial charge in [-0.05, 0) is 12.1 Å². The van der Waals surface area contributed by atoms with Gasteiger partial charge in [-0.2, -0.15) is 8.42 Å². The minimum absolute atomic E-state index is 0.191. The van der Waals surface area contributed by atoms with Gasteiger partial charge in [0.2, 0.25) is 5.78 Å². The molecular weight excluding hydrogens is 206 g/mol. The molecule has 0 saturated heterocycles. The number of ketones is 1. The van der Waals surface area contributed by atoms with Crippen molar-refractivity contribution in [3.8, 4) is 0 Å². The Morgan fingerprint density at radius 2 is 2.21 bits per heavy atom. The summed E-state index contributed by atoms with van der Waals surface area (Å²) in [7, 11) is -3.58. The maximum atomic E-state index is 11.2. The van der Waals surface area contributed by atoms with Crippen molar-refractivity contribution in [3.05, 3.63) is 30.1 Å². The Balaban J connectivity index is 2.61. The van der Waals surface area contributed by atoms with Crippen LogP contribution in [0.4, 0.5) is 0 Å². The van der Waals surface area contributed by atoms with Crippen LogP contribution in [0.3, 0.4) is 0 Å². The first-order valence-electron chi connectivity index (χ1n) is 3.78. The lowest BCUT2D eigenvalue weighted by molar-refractivity contribution is 0.0920. The van der Waals surface area contributed by atoms with E-state index in [2.05, 4.69) is 9.17 Å². The van der Waals surface area contributed by atoms with Crippen LogP contribution in [-0.4, -0.2) is 32.0 Å². The van der Waals surface area contributed by atoms with E-state index in [1.54, 1.807) is 12.1 Å². The normalized spacial score (nSPS) is 11.2. The van der Waals surface area contributed by atoms with E-state index in [-0.39, 0.29) is 5.69 Å². The number of pyridine rings is 1. The van der Waals surface area contributed by atoms with Crippen LogP contribution in [0.2, 0.25) is 0 Å². The number of Topliss-reactive ketones (excluding diaryl/α,β-unsaturated/α-hetero) is 1. The first-order valence-corrected chi connectivity index (χ1v) is 5.59. The molecule has 0 aliphatic carbocycles. The lowest BCUT2D eigenvalue weighted by Gasteiger charge is -1.99. The quantitative estimate of drug-likeness (QED) is 0.531. The number of hydrogen-bond donors (Lipinski definition) is 0. The maximum Gasteiger partial charge on any atom is 0.264 e. The first kappa shape index (κ1) is 10.8. The largest absolute Gasteiger partial charge is 0.290 e. The summed E-state index contributed by atoms with van der Waals surface area (Å²) in [6.07, 6.45) is 2.34. The highest BCUT2D eigenvalue weighted by Crippen LogP contribution is 1.97. The minimum atomic E-state index is -3.58. The Morgan fingerprint density at radius 3 is 2.71 bits per heavy atom. The highest BCUT2D eigenvalue weighted by atomic mass is 32.2. The summed E-state index contributed by atoms with van der Waals surface area (Å²) < 4.78 is 25.5. The third-order valence-corrected chi connectivity index (χ3v) is 1.90. The highest BCUT2D eigenvalue weighted by Gasteiger charge is 2.10. The topological polar surface area (TPSA) is 73.3 Å². The van der Waals surface area contributed by atoms with E-state index in [1.807, 2.05) is 0 Å². The van der Waals surface area contributed by atoms with Crippen molar-refractivity contribution in [1.82, 2.24) is 4.98 Å². The monoisotopic (exact) mass is 215 g/mol. The van der Waals surface area contributed by atoms with Crippen molar-refractivity contribution in [3.63, 3.8) is 0 Å². The Morgan fingerprint density at radius 1 is 1.50 bits per heavy atom. The molecule has 6 heteroatoms. The van der Waals surface area contributed by atoms with Crippen LogP contribution in [0, 0.1) is 0 Å². The fourth-order valence-electron chi connectivity index (χ4n) is 0.762.